The first kappa shape index (κ1) is 26.9. The van der Waals surface area contributed by atoms with E-state index < -0.39 is 0 Å². The van der Waals surface area contributed by atoms with E-state index in [0.717, 1.165) is 65.0 Å². The van der Waals surface area contributed by atoms with Crippen LogP contribution >= 0.6 is 0 Å². The zero-order valence-electron chi connectivity index (χ0n) is 24.4. The van der Waals surface area contributed by atoms with Crippen molar-refractivity contribution in [3.63, 3.8) is 0 Å². The molecule has 41 heavy (non-hydrogen) atoms. The molecule has 10 nitrogen and oxygen atoms in total. The number of imidazole rings is 1. The van der Waals surface area contributed by atoms with Crippen LogP contribution in [0.5, 0.6) is 0 Å². The lowest BCUT2D eigenvalue weighted by atomic mass is 9.94. The van der Waals surface area contributed by atoms with Crippen molar-refractivity contribution in [1.82, 2.24) is 40.2 Å². The van der Waals surface area contributed by atoms with Gasteiger partial charge in [0.05, 0.1) is 23.3 Å². The van der Waals surface area contributed by atoms with Gasteiger partial charge in [-0.05, 0) is 62.8 Å². The van der Waals surface area contributed by atoms with Gasteiger partial charge in [-0.3, -0.25) is 9.48 Å². The van der Waals surface area contributed by atoms with Crippen LogP contribution in [0.1, 0.15) is 99.4 Å². The minimum absolute atomic E-state index is 0.000688. The van der Waals surface area contributed by atoms with Crippen LogP contribution in [0, 0.1) is 6.92 Å². The second kappa shape index (κ2) is 10.2. The van der Waals surface area contributed by atoms with E-state index in [4.69, 9.17) is 9.40 Å². The Hall–Kier alpha value is -4.34. The Balaban J connectivity index is 1.31. The molecule has 4 heterocycles. The number of benzene rings is 1. The molecule has 0 radical (unpaired) electrons. The van der Waals surface area contributed by atoms with Crippen molar-refractivity contribution < 1.29 is 9.21 Å². The smallest absolute Gasteiger partial charge is 0.309 e. The normalized spacial score (nSPS) is 15.7. The summed E-state index contributed by atoms with van der Waals surface area (Å²) in [4.78, 5) is 25.9. The lowest BCUT2D eigenvalue weighted by Crippen LogP contribution is -2.29. The number of hydrogen-bond acceptors (Lipinski definition) is 7. The molecule has 2 N–H and O–H groups in total. The van der Waals surface area contributed by atoms with E-state index in [1.54, 1.807) is 6.20 Å². The van der Waals surface area contributed by atoms with Gasteiger partial charge in [0.2, 0.25) is 5.89 Å². The third-order valence-corrected chi connectivity index (χ3v) is 7.77. The number of nitrogens with one attached hydrogen (secondary N) is 2. The molecule has 10 heteroatoms. The van der Waals surface area contributed by atoms with E-state index in [1.165, 1.54) is 5.56 Å². The molecule has 5 aromatic rings. The van der Waals surface area contributed by atoms with Crippen molar-refractivity contribution in [3.05, 3.63) is 65.3 Å². The highest BCUT2D eigenvalue weighted by atomic mass is 16.4. The van der Waals surface area contributed by atoms with Gasteiger partial charge in [-0.2, -0.15) is 5.10 Å². The maximum absolute atomic E-state index is 13.1. The van der Waals surface area contributed by atoms with E-state index in [1.807, 2.05) is 37.7 Å². The summed E-state index contributed by atoms with van der Waals surface area (Å²) >= 11 is 0. The number of rotatable bonds is 5. The Morgan fingerprint density at radius 2 is 1.98 bits per heavy atom. The van der Waals surface area contributed by atoms with Gasteiger partial charge < -0.3 is 14.7 Å². The fourth-order valence-electron chi connectivity index (χ4n) is 5.59. The number of aromatic amines is 1. The van der Waals surface area contributed by atoms with E-state index >= 15 is 0 Å². The van der Waals surface area contributed by atoms with Gasteiger partial charge in [0.25, 0.3) is 0 Å². The zero-order valence-corrected chi connectivity index (χ0v) is 24.4. The standard InChI is InChI=1S/C31H36N8O2/c1-17(2)39-18(3)23(16-33-39)26-35-25-22(13-14-32-27(25)36-26)20-11-12-21-19(15-20)9-7-8-10-24(21)34-28(40)29-37-38-30(41-29)31(4,5)6/h11-17,24H,7-10H2,1-6H3,(H,34,40)(H,32,35,36). The zero-order chi connectivity index (χ0) is 28.9. The molecule has 1 unspecified atom stereocenters. The number of H-pyrrole nitrogens is 1. The minimum Gasteiger partial charge on any atom is -0.416 e. The molecule has 0 saturated carbocycles. The molecule has 4 aromatic heterocycles. The largest absolute Gasteiger partial charge is 0.416 e. The predicted octanol–water partition coefficient (Wildman–Crippen LogP) is 6.26. The van der Waals surface area contributed by atoms with Crippen molar-refractivity contribution in [2.45, 2.75) is 84.7 Å². The SMILES string of the molecule is Cc1c(-c2nc3nccc(-c4ccc5c(c4)CCCCC5NC(=O)c4nnc(C(C)(C)C)o4)c3[nH]2)cnn1C(C)C. The summed E-state index contributed by atoms with van der Waals surface area (Å²) in [6.07, 6.45) is 7.53. The summed E-state index contributed by atoms with van der Waals surface area (Å²) in [6, 6.07) is 8.65. The highest BCUT2D eigenvalue weighted by molar-refractivity contribution is 5.92. The number of pyridine rings is 1. The monoisotopic (exact) mass is 552 g/mol. The summed E-state index contributed by atoms with van der Waals surface area (Å²) in [5, 5.41) is 15.8. The molecule has 0 bridgehead atoms. The number of hydrogen-bond donors (Lipinski definition) is 2. The van der Waals surface area contributed by atoms with Gasteiger partial charge in [-0.1, -0.05) is 45.4 Å². The molecule has 6 rings (SSSR count). The number of fused-ring (bicyclic) bond motifs is 2. The van der Waals surface area contributed by atoms with E-state index in [9.17, 15) is 4.79 Å². The van der Waals surface area contributed by atoms with Gasteiger partial charge >= 0.3 is 11.8 Å². The minimum atomic E-state index is -0.341. The maximum Gasteiger partial charge on any atom is 0.309 e. The molecule has 1 atom stereocenters. The average molecular weight is 553 g/mol. The summed E-state index contributed by atoms with van der Waals surface area (Å²) < 4.78 is 7.69. The molecule has 0 fully saturated rings. The van der Waals surface area contributed by atoms with Crippen LogP contribution in [0.25, 0.3) is 33.7 Å². The van der Waals surface area contributed by atoms with E-state index in [-0.39, 0.29) is 29.3 Å². The lowest BCUT2D eigenvalue weighted by molar-refractivity contribution is 0.0896. The molecule has 1 aliphatic carbocycles. The van der Waals surface area contributed by atoms with Crippen LogP contribution in [0.4, 0.5) is 0 Å². The predicted molar refractivity (Wildman–Crippen MR) is 156 cm³/mol. The molecule has 1 amide bonds. The van der Waals surface area contributed by atoms with Crippen molar-refractivity contribution in [3.8, 4) is 22.5 Å². The topological polar surface area (TPSA) is 127 Å². The van der Waals surface area contributed by atoms with E-state index in [0.29, 0.717) is 11.5 Å². The number of aromatic nitrogens is 7. The fourth-order valence-corrected chi connectivity index (χ4v) is 5.59. The second-order valence-electron chi connectivity index (χ2n) is 12.2. The second-order valence-corrected chi connectivity index (χ2v) is 12.2. The molecular formula is C31H36N8O2. The highest BCUT2D eigenvalue weighted by Gasteiger charge is 2.27. The number of carbonyl (C=O) groups is 1. The van der Waals surface area contributed by atoms with Crippen LogP contribution in [-0.4, -0.2) is 40.8 Å². The van der Waals surface area contributed by atoms with Gasteiger partial charge in [0, 0.05) is 28.9 Å². The average Bonchev–Trinajstić information content (AvgIpc) is 3.65. The summed E-state index contributed by atoms with van der Waals surface area (Å²) in [5.41, 5.74) is 7.75. The van der Waals surface area contributed by atoms with Gasteiger partial charge in [-0.15, -0.1) is 10.2 Å². The number of aryl methyl sites for hydroxylation is 1. The van der Waals surface area contributed by atoms with Crippen molar-refractivity contribution in [1.29, 1.82) is 0 Å². The molecule has 0 saturated heterocycles. The summed E-state index contributed by atoms with van der Waals surface area (Å²) in [7, 11) is 0. The Kier molecular flexibility index (Phi) is 6.71. The molecule has 212 valence electrons. The van der Waals surface area contributed by atoms with Crippen LogP contribution < -0.4 is 5.32 Å². The quantitative estimate of drug-likeness (QED) is 0.247. The van der Waals surface area contributed by atoms with Gasteiger partial charge in [0.1, 0.15) is 5.82 Å². The lowest BCUT2D eigenvalue weighted by Gasteiger charge is -2.19. The van der Waals surface area contributed by atoms with Crippen molar-refractivity contribution >= 4 is 17.1 Å². The van der Waals surface area contributed by atoms with Crippen LogP contribution in [0.15, 0.2) is 41.1 Å². The molecule has 0 spiro atoms. The number of nitrogens with zero attached hydrogens (tertiary/aromatic N) is 6. The summed E-state index contributed by atoms with van der Waals surface area (Å²) in [6.45, 7) is 12.2. The number of carbonyl (C=O) groups excluding carboxylic acids is 1. The maximum atomic E-state index is 13.1. The third-order valence-electron chi connectivity index (χ3n) is 7.77. The van der Waals surface area contributed by atoms with Crippen molar-refractivity contribution in [2.24, 2.45) is 0 Å². The summed E-state index contributed by atoms with van der Waals surface area (Å²) in [5.74, 6) is 0.869. The Bertz CT molecular complexity index is 1740. The highest BCUT2D eigenvalue weighted by Crippen LogP contribution is 2.35. The fraction of sp³-hybridized carbons (Fsp3) is 0.419. The Morgan fingerprint density at radius 1 is 1.15 bits per heavy atom. The third kappa shape index (κ3) is 5.03. The Morgan fingerprint density at radius 3 is 2.71 bits per heavy atom. The van der Waals surface area contributed by atoms with E-state index in [2.05, 4.69) is 69.6 Å². The van der Waals surface area contributed by atoms with Crippen LogP contribution in [-0.2, 0) is 11.8 Å². The molecular weight excluding hydrogens is 516 g/mol. The Labute approximate surface area is 239 Å². The number of amides is 1. The first-order chi connectivity index (χ1) is 19.6. The first-order valence-electron chi connectivity index (χ1n) is 14.3. The van der Waals surface area contributed by atoms with Crippen LogP contribution in [0.3, 0.4) is 0 Å². The molecule has 0 aliphatic heterocycles. The first-order valence-corrected chi connectivity index (χ1v) is 14.3. The van der Waals surface area contributed by atoms with Gasteiger partial charge in [0.15, 0.2) is 5.65 Å². The van der Waals surface area contributed by atoms with Crippen LogP contribution in [0.2, 0.25) is 0 Å². The van der Waals surface area contributed by atoms with Gasteiger partial charge in [-0.25, -0.2) is 9.97 Å². The van der Waals surface area contributed by atoms with Crippen molar-refractivity contribution in [2.75, 3.05) is 0 Å². The molecule has 1 aliphatic rings. The molecule has 1 aromatic carbocycles.